The number of hydrogen-bond acceptors (Lipinski definition) is 9. The number of halogens is 4. The van der Waals surface area contributed by atoms with Crippen LogP contribution in [0.1, 0.15) is 60.6 Å². The number of alkyl halides is 3. The molecule has 17 heteroatoms. The first-order valence-corrected chi connectivity index (χ1v) is 20.5. The number of carbonyl (C=O) groups is 4. The lowest BCUT2D eigenvalue weighted by Crippen LogP contribution is -2.55. The highest BCUT2D eigenvalue weighted by atomic mass is 32.2. The van der Waals surface area contributed by atoms with E-state index in [0.717, 1.165) is 17.7 Å². The average molecular weight is 888 g/mol. The molecule has 1 fully saturated rings. The van der Waals surface area contributed by atoms with Gasteiger partial charge in [0.1, 0.15) is 30.0 Å². The second-order valence-corrected chi connectivity index (χ2v) is 15.8. The Kier molecular flexibility index (Phi) is 13.9. The van der Waals surface area contributed by atoms with Gasteiger partial charge >= 0.3 is 33.5 Å². The van der Waals surface area contributed by atoms with E-state index in [4.69, 9.17) is 19.7 Å². The monoisotopic (exact) mass is 887 g/mol. The van der Waals surface area contributed by atoms with Crippen molar-refractivity contribution in [3.05, 3.63) is 149 Å². The number of carbonyl (C=O) groups excluding carboxylic acids is 2. The van der Waals surface area contributed by atoms with Gasteiger partial charge in [-0.1, -0.05) is 78.6 Å². The van der Waals surface area contributed by atoms with Crippen LogP contribution in [0.15, 0.2) is 121 Å². The minimum absolute atomic E-state index is 0.101. The number of carboxylic acid groups (broad SMARTS) is 2. The molecule has 0 aromatic heterocycles. The summed E-state index contributed by atoms with van der Waals surface area (Å²) in [6.45, 7) is 1.32. The van der Waals surface area contributed by atoms with Crippen molar-refractivity contribution in [3.8, 4) is 34.5 Å². The summed E-state index contributed by atoms with van der Waals surface area (Å²) >= 11 is 0. The van der Waals surface area contributed by atoms with Gasteiger partial charge in [-0.25, -0.2) is 4.39 Å². The molecule has 12 nitrogen and oxygen atoms in total. The van der Waals surface area contributed by atoms with Gasteiger partial charge in [0.2, 0.25) is 5.91 Å². The fourth-order valence-corrected chi connectivity index (χ4v) is 7.37. The number of anilines is 1. The number of aliphatic carboxylic acids is 2. The molecule has 0 saturated carbocycles. The Morgan fingerprint density at radius 1 is 0.841 bits per heavy atom. The molecular weight excluding hydrogens is 851 g/mol. The Balaban J connectivity index is 1.37. The van der Waals surface area contributed by atoms with E-state index in [-0.39, 0.29) is 25.1 Å². The Labute approximate surface area is 358 Å². The van der Waals surface area contributed by atoms with Gasteiger partial charge in [-0.15, -0.1) is 0 Å². The smallest absolute Gasteiger partial charge is 0.489 e. The summed E-state index contributed by atoms with van der Waals surface area (Å²) in [5.41, 5.74) is -1.77. The van der Waals surface area contributed by atoms with Crippen molar-refractivity contribution in [1.29, 1.82) is 0 Å². The fraction of sp³-hybridized carbons (Fsp3) is 0.217. The third-order valence-electron chi connectivity index (χ3n) is 10.0. The normalized spacial score (nSPS) is 15.4. The molecule has 1 heterocycles. The predicted molar refractivity (Wildman–Crippen MR) is 219 cm³/mol. The van der Waals surface area contributed by atoms with Crippen LogP contribution in [0.2, 0.25) is 0 Å². The van der Waals surface area contributed by atoms with Gasteiger partial charge in [-0.3, -0.25) is 19.2 Å². The number of rotatable bonds is 16. The Bertz CT molecular complexity index is 2630. The molecule has 0 spiro atoms. The zero-order valence-corrected chi connectivity index (χ0v) is 33.9. The maximum absolute atomic E-state index is 14.2. The second kappa shape index (κ2) is 19.2. The number of amides is 1. The van der Waals surface area contributed by atoms with Crippen molar-refractivity contribution < 1.29 is 69.0 Å². The topological polar surface area (TPSA) is 174 Å². The maximum atomic E-state index is 14.2. The highest BCUT2D eigenvalue weighted by Gasteiger charge is 2.51. The van der Waals surface area contributed by atoms with Gasteiger partial charge < -0.3 is 28.8 Å². The molecule has 3 atom stereocenters. The van der Waals surface area contributed by atoms with Gasteiger partial charge in [0, 0.05) is 30.2 Å². The molecule has 5 aromatic carbocycles. The van der Waals surface area contributed by atoms with Crippen LogP contribution in [-0.2, 0) is 40.6 Å². The van der Waals surface area contributed by atoms with Crippen molar-refractivity contribution in [2.75, 3.05) is 4.90 Å². The molecule has 0 bridgehead atoms. The summed E-state index contributed by atoms with van der Waals surface area (Å²) in [6.07, 6.45) is -0.971. The number of nitrogens with zero attached hydrogens (tertiary/aromatic N) is 1. The van der Waals surface area contributed by atoms with Crippen molar-refractivity contribution in [1.82, 2.24) is 0 Å². The van der Waals surface area contributed by atoms with E-state index in [9.17, 15) is 45.2 Å². The van der Waals surface area contributed by atoms with E-state index in [0.29, 0.717) is 33.6 Å². The molecule has 2 N–H and O–H groups in total. The summed E-state index contributed by atoms with van der Waals surface area (Å²) in [6, 6.07) is 30.4. The summed E-state index contributed by atoms with van der Waals surface area (Å²) in [7, 11) is -5.98. The first-order valence-electron chi connectivity index (χ1n) is 19.1. The van der Waals surface area contributed by atoms with Gasteiger partial charge in [-0.2, -0.15) is 21.6 Å². The number of ether oxygens (including phenoxy) is 2. The zero-order chi connectivity index (χ0) is 45.5. The first kappa shape index (κ1) is 45.3. The average Bonchev–Trinajstić information content (AvgIpc) is 3.23. The standard InChI is InChI=1S/C46H37F4NO11S/c1-28(52)61-40(32-14-17-34(47)18-15-32)25-24-38-42(51(43(38)53)35-19-21-36(22-20-35)62-63(58,59)46(48,49)50)37-23-16-33(26-41(37)60-27-30-6-3-2-4-7-30)31-12-10-29(11-13-31)8-5-9-39(44(54)55)45(56)57/h2-4,6-7,10-23,26,38-40,42H,9,24-25,27H2,1H3,(H,54,55)(H,56,57)/t38-,40+,42-/m1/s1. The van der Waals surface area contributed by atoms with Gasteiger partial charge in [0.15, 0.2) is 5.92 Å². The van der Waals surface area contributed by atoms with Crippen LogP contribution in [0.4, 0.5) is 23.2 Å². The molecular formula is C46H37F4NO11S. The van der Waals surface area contributed by atoms with Crippen LogP contribution < -0.4 is 13.8 Å². The lowest BCUT2D eigenvalue weighted by molar-refractivity contribution is -0.154. The minimum Gasteiger partial charge on any atom is -0.489 e. The highest BCUT2D eigenvalue weighted by Crippen LogP contribution is 2.50. The number of hydrogen-bond donors (Lipinski definition) is 2. The van der Waals surface area contributed by atoms with Gasteiger partial charge in [0.25, 0.3) is 0 Å². The molecule has 0 unspecified atom stereocenters. The molecule has 5 aromatic rings. The molecule has 1 aliphatic rings. The van der Waals surface area contributed by atoms with Crippen molar-refractivity contribution >= 4 is 39.6 Å². The SMILES string of the molecule is CC(=O)O[C@@H](CC[C@H]1C(=O)N(c2ccc(OS(=O)(=O)C(F)(F)F)cc2)[C@@H]1c1ccc(-c2ccc(C#CCC(C(=O)O)C(=O)O)cc2)cc1OCc1ccccc1)c1ccc(F)cc1. The van der Waals surface area contributed by atoms with Crippen molar-refractivity contribution in [2.24, 2.45) is 11.8 Å². The van der Waals surface area contributed by atoms with Crippen molar-refractivity contribution in [3.63, 3.8) is 0 Å². The molecule has 6 rings (SSSR count). The lowest BCUT2D eigenvalue weighted by atomic mass is 9.77. The largest absolute Gasteiger partial charge is 0.534 e. The molecule has 1 saturated heterocycles. The number of benzene rings is 5. The Morgan fingerprint density at radius 2 is 1.48 bits per heavy atom. The molecule has 0 radical (unpaired) electrons. The molecule has 63 heavy (non-hydrogen) atoms. The maximum Gasteiger partial charge on any atom is 0.534 e. The fourth-order valence-electron chi connectivity index (χ4n) is 6.91. The molecule has 1 aliphatic heterocycles. The minimum atomic E-state index is -5.98. The number of esters is 1. The van der Waals surface area contributed by atoms with Crippen LogP contribution >= 0.6 is 0 Å². The summed E-state index contributed by atoms with van der Waals surface area (Å²) in [4.78, 5) is 50.2. The van der Waals surface area contributed by atoms with Crippen LogP contribution in [0, 0.1) is 29.5 Å². The predicted octanol–water partition coefficient (Wildman–Crippen LogP) is 8.62. The van der Waals surface area contributed by atoms with E-state index >= 15 is 0 Å². The Morgan fingerprint density at radius 3 is 2.08 bits per heavy atom. The zero-order valence-electron chi connectivity index (χ0n) is 33.1. The molecule has 1 amide bonds. The van der Waals surface area contributed by atoms with E-state index in [1.165, 1.54) is 48.2 Å². The van der Waals surface area contributed by atoms with Crippen LogP contribution in [-0.4, -0.2) is 48.0 Å². The van der Waals surface area contributed by atoms with Crippen LogP contribution in [0.3, 0.4) is 0 Å². The molecule has 0 aliphatic carbocycles. The Hall–Kier alpha value is -7.19. The van der Waals surface area contributed by atoms with Crippen LogP contribution in [0.5, 0.6) is 11.5 Å². The van der Waals surface area contributed by atoms with E-state index < -0.39 is 81.4 Å². The number of carboxylic acids is 2. The highest BCUT2D eigenvalue weighted by molar-refractivity contribution is 7.88. The summed E-state index contributed by atoms with van der Waals surface area (Å²) in [5.74, 6) is -1.88. The van der Waals surface area contributed by atoms with E-state index in [1.807, 2.05) is 30.3 Å². The molecule has 326 valence electrons. The summed E-state index contributed by atoms with van der Waals surface area (Å²) in [5, 5.41) is 18.3. The van der Waals surface area contributed by atoms with Crippen molar-refractivity contribution in [2.45, 2.75) is 50.4 Å². The van der Waals surface area contributed by atoms with Crippen LogP contribution in [0.25, 0.3) is 11.1 Å². The van der Waals surface area contributed by atoms with Gasteiger partial charge in [-0.05, 0) is 89.7 Å². The third kappa shape index (κ3) is 11.0. The first-order chi connectivity index (χ1) is 29.9. The van der Waals surface area contributed by atoms with Gasteiger partial charge in [0.05, 0.1) is 12.0 Å². The lowest BCUT2D eigenvalue weighted by Gasteiger charge is -2.48. The summed E-state index contributed by atoms with van der Waals surface area (Å²) < 4.78 is 92.7. The van der Waals surface area contributed by atoms with E-state index in [1.54, 1.807) is 42.5 Å². The third-order valence-corrected chi connectivity index (χ3v) is 11.0. The second-order valence-electron chi connectivity index (χ2n) is 14.3. The quantitative estimate of drug-likeness (QED) is 0.0185. The number of β-lactam (4-membered cyclic amide) rings is 1. The van der Waals surface area contributed by atoms with E-state index in [2.05, 4.69) is 16.0 Å².